The Morgan fingerprint density at radius 1 is 1.44 bits per heavy atom. The van der Waals surface area contributed by atoms with E-state index >= 15 is 0 Å². The number of hydrogen-bond acceptors (Lipinski definition) is 4. The van der Waals surface area contributed by atoms with E-state index in [1.807, 2.05) is 0 Å². The maximum atomic E-state index is 5.86. The van der Waals surface area contributed by atoms with Crippen molar-refractivity contribution in [2.24, 2.45) is 5.84 Å². The fraction of sp³-hybridized carbons (Fsp3) is 0.714. The minimum atomic E-state index is 0.107. The van der Waals surface area contributed by atoms with Gasteiger partial charge in [-0.3, -0.25) is 16.2 Å². The van der Waals surface area contributed by atoms with Gasteiger partial charge in [0.25, 0.3) is 0 Å². The van der Waals surface area contributed by atoms with E-state index in [0.29, 0.717) is 0 Å². The molecule has 0 aliphatic carbocycles. The van der Waals surface area contributed by atoms with Gasteiger partial charge in [0.05, 0.1) is 6.04 Å². The highest BCUT2D eigenvalue weighted by atomic mass is 32.1. The van der Waals surface area contributed by atoms with Crippen molar-refractivity contribution in [2.45, 2.75) is 51.1 Å². The smallest absolute Gasteiger partial charge is 0.0649 e. The van der Waals surface area contributed by atoms with E-state index in [4.69, 9.17) is 5.84 Å². The van der Waals surface area contributed by atoms with Crippen LogP contribution in [0.5, 0.6) is 0 Å². The van der Waals surface area contributed by atoms with Crippen LogP contribution in [0.1, 0.15) is 51.1 Å². The van der Waals surface area contributed by atoms with Crippen LogP contribution in [0, 0.1) is 0 Å². The molecule has 0 aromatic carbocycles. The van der Waals surface area contributed by atoms with Gasteiger partial charge in [-0.15, -0.1) is 0 Å². The van der Waals surface area contributed by atoms with E-state index < -0.39 is 0 Å². The average Bonchev–Trinajstić information content (AvgIpc) is 2.94. The van der Waals surface area contributed by atoms with Crippen LogP contribution in [0.2, 0.25) is 0 Å². The first-order valence-corrected chi connectivity index (χ1v) is 7.90. The molecule has 2 rings (SSSR count). The lowest BCUT2D eigenvalue weighted by atomic mass is 9.83. The number of nitrogens with one attached hydrogen (secondary N) is 1. The van der Waals surface area contributed by atoms with Gasteiger partial charge in [-0.25, -0.2) is 0 Å². The molecule has 1 aliphatic heterocycles. The zero-order valence-electron chi connectivity index (χ0n) is 11.5. The summed E-state index contributed by atoms with van der Waals surface area (Å²) in [5, 5.41) is 4.34. The highest BCUT2D eigenvalue weighted by molar-refractivity contribution is 7.07. The van der Waals surface area contributed by atoms with Crippen LogP contribution in [-0.2, 0) is 0 Å². The number of rotatable bonds is 5. The van der Waals surface area contributed by atoms with E-state index in [1.54, 1.807) is 11.3 Å². The Balaban J connectivity index is 2.23. The third-order valence-corrected chi connectivity index (χ3v) is 5.16. The summed E-state index contributed by atoms with van der Waals surface area (Å²) in [4.78, 5) is 2.62. The largest absolute Gasteiger partial charge is 0.296 e. The number of piperidine rings is 1. The van der Waals surface area contributed by atoms with Crippen LogP contribution in [0.25, 0.3) is 0 Å². The summed E-state index contributed by atoms with van der Waals surface area (Å²) in [5.74, 6) is 5.86. The summed E-state index contributed by atoms with van der Waals surface area (Å²) in [6, 6.07) is 2.40. The molecular weight excluding hydrogens is 242 g/mol. The van der Waals surface area contributed by atoms with Gasteiger partial charge in [-0.1, -0.05) is 13.3 Å². The number of nitrogens with two attached hydrogens (primary N) is 1. The van der Waals surface area contributed by atoms with Gasteiger partial charge in [0.15, 0.2) is 0 Å². The Kier molecular flexibility index (Phi) is 4.78. The van der Waals surface area contributed by atoms with E-state index in [2.05, 4.69) is 41.0 Å². The lowest BCUT2D eigenvalue weighted by Crippen LogP contribution is -2.57. The quantitative estimate of drug-likeness (QED) is 0.636. The maximum absolute atomic E-state index is 5.86. The molecule has 1 fully saturated rings. The zero-order valence-corrected chi connectivity index (χ0v) is 12.3. The van der Waals surface area contributed by atoms with Crippen molar-refractivity contribution in [2.75, 3.05) is 13.1 Å². The Morgan fingerprint density at radius 3 is 2.67 bits per heavy atom. The van der Waals surface area contributed by atoms with Crippen molar-refractivity contribution < 1.29 is 0 Å². The second-order valence-corrected chi connectivity index (χ2v) is 6.19. The third kappa shape index (κ3) is 2.62. The fourth-order valence-corrected chi connectivity index (χ4v) is 3.78. The molecule has 1 aromatic rings. The molecule has 1 aliphatic rings. The van der Waals surface area contributed by atoms with E-state index in [-0.39, 0.29) is 11.6 Å². The Labute approximate surface area is 114 Å². The molecule has 0 radical (unpaired) electrons. The predicted octanol–water partition coefficient (Wildman–Crippen LogP) is 2.91. The zero-order chi connectivity index (χ0) is 13.0. The molecular formula is C14H25N3S. The predicted molar refractivity (Wildman–Crippen MR) is 78.5 cm³/mol. The van der Waals surface area contributed by atoms with Gasteiger partial charge in [0, 0.05) is 5.54 Å². The summed E-state index contributed by atoms with van der Waals surface area (Å²) >= 11 is 1.74. The molecule has 1 saturated heterocycles. The molecule has 3 nitrogen and oxygen atoms in total. The third-order valence-electron chi connectivity index (χ3n) is 4.46. The van der Waals surface area contributed by atoms with Crippen molar-refractivity contribution in [1.29, 1.82) is 0 Å². The lowest BCUT2D eigenvalue weighted by molar-refractivity contribution is 0.0425. The van der Waals surface area contributed by atoms with Crippen LogP contribution >= 0.6 is 11.3 Å². The van der Waals surface area contributed by atoms with Crippen LogP contribution in [-0.4, -0.2) is 23.5 Å². The number of thiophene rings is 1. The van der Waals surface area contributed by atoms with Gasteiger partial charge < -0.3 is 0 Å². The molecule has 0 spiro atoms. The lowest BCUT2D eigenvalue weighted by Gasteiger charge is -2.47. The average molecular weight is 267 g/mol. The van der Waals surface area contributed by atoms with Gasteiger partial charge in [0.1, 0.15) is 0 Å². The fourth-order valence-electron chi connectivity index (χ4n) is 3.09. The van der Waals surface area contributed by atoms with Crippen LogP contribution in [0.15, 0.2) is 16.8 Å². The Hall–Kier alpha value is -0.420. The normalized spacial score (nSPS) is 22.6. The molecule has 1 aromatic heterocycles. The number of likely N-dealkylation sites (tertiary alicyclic amines) is 1. The van der Waals surface area contributed by atoms with Crippen LogP contribution in [0.3, 0.4) is 0 Å². The Bertz CT molecular complexity index is 346. The molecule has 0 saturated carbocycles. The first-order chi connectivity index (χ1) is 8.72. The van der Waals surface area contributed by atoms with Crippen LogP contribution in [0.4, 0.5) is 0 Å². The van der Waals surface area contributed by atoms with Crippen LogP contribution < -0.4 is 11.3 Å². The second-order valence-electron chi connectivity index (χ2n) is 5.41. The summed E-state index contributed by atoms with van der Waals surface area (Å²) < 4.78 is 0. The van der Waals surface area contributed by atoms with Gasteiger partial charge >= 0.3 is 0 Å². The summed E-state index contributed by atoms with van der Waals surface area (Å²) in [5.41, 5.74) is 4.48. The van der Waals surface area contributed by atoms with Gasteiger partial charge in [-0.2, -0.15) is 11.3 Å². The SMILES string of the molecule is CCC(C)(C(NN)c1ccsc1)N1CCCCC1. The second kappa shape index (κ2) is 6.15. The van der Waals surface area contributed by atoms with Crippen molar-refractivity contribution >= 4 is 11.3 Å². The highest BCUT2D eigenvalue weighted by Gasteiger charge is 2.39. The van der Waals surface area contributed by atoms with Crippen molar-refractivity contribution in [3.8, 4) is 0 Å². The first-order valence-electron chi connectivity index (χ1n) is 6.95. The number of hydrazine groups is 1. The van der Waals surface area contributed by atoms with E-state index in [1.165, 1.54) is 37.9 Å². The van der Waals surface area contributed by atoms with E-state index in [9.17, 15) is 0 Å². The van der Waals surface area contributed by atoms with Crippen molar-refractivity contribution in [3.05, 3.63) is 22.4 Å². The van der Waals surface area contributed by atoms with Gasteiger partial charge in [0.2, 0.25) is 0 Å². The minimum absolute atomic E-state index is 0.107. The number of nitrogens with zero attached hydrogens (tertiary/aromatic N) is 1. The summed E-state index contributed by atoms with van der Waals surface area (Å²) in [6.45, 7) is 7.02. The van der Waals surface area contributed by atoms with Gasteiger partial charge in [-0.05, 0) is 61.7 Å². The van der Waals surface area contributed by atoms with E-state index in [0.717, 1.165) is 6.42 Å². The topological polar surface area (TPSA) is 41.3 Å². The molecule has 4 heteroatoms. The maximum Gasteiger partial charge on any atom is 0.0649 e. The summed E-state index contributed by atoms with van der Waals surface area (Å²) in [7, 11) is 0. The first kappa shape index (κ1) is 14.0. The molecule has 0 amide bonds. The van der Waals surface area contributed by atoms with Crippen molar-refractivity contribution in [3.63, 3.8) is 0 Å². The minimum Gasteiger partial charge on any atom is -0.296 e. The molecule has 2 atom stereocenters. The molecule has 102 valence electrons. The monoisotopic (exact) mass is 267 g/mol. The molecule has 3 N–H and O–H groups in total. The highest BCUT2D eigenvalue weighted by Crippen LogP contribution is 2.36. The molecule has 0 bridgehead atoms. The molecule has 18 heavy (non-hydrogen) atoms. The number of hydrogen-bond donors (Lipinski definition) is 2. The molecule has 2 unspecified atom stereocenters. The standard InChI is InChI=1S/C14H25N3S/c1-3-14(2,17-8-5-4-6-9-17)13(16-15)12-7-10-18-11-12/h7,10-11,13,16H,3-6,8-9,15H2,1-2H3. The van der Waals surface area contributed by atoms with Crippen molar-refractivity contribution in [1.82, 2.24) is 10.3 Å². The molecule has 2 heterocycles. The summed E-state index contributed by atoms with van der Waals surface area (Å²) in [6.07, 6.45) is 5.11. The Morgan fingerprint density at radius 2 is 2.17 bits per heavy atom.